The lowest BCUT2D eigenvalue weighted by atomic mass is 9.98. The van der Waals surface area contributed by atoms with Gasteiger partial charge in [0.2, 0.25) is 5.91 Å². The Morgan fingerprint density at radius 1 is 1.27 bits per heavy atom. The number of nitrogens with zero attached hydrogens (tertiary/aromatic N) is 2. The van der Waals surface area contributed by atoms with Crippen molar-refractivity contribution in [2.24, 2.45) is 10.7 Å². The Hall–Kier alpha value is -3.18. The lowest BCUT2D eigenvalue weighted by Crippen LogP contribution is -2.39. The molecule has 30 heavy (non-hydrogen) atoms. The fourth-order valence-corrected chi connectivity index (χ4v) is 3.06. The van der Waals surface area contributed by atoms with Crippen LogP contribution in [0.4, 0.5) is 5.69 Å². The lowest BCUT2D eigenvalue weighted by molar-refractivity contribution is -0.129. The second-order valence-corrected chi connectivity index (χ2v) is 6.61. The van der Waals surface area contributed by atoms with Crippen molar-refractivity contribution >= 4 is 35.6 Å². The number of carbonyl (C=O) groups excluding carboxylic acids is 2. The number of amides is 2. The number of benzodiazepines with no additional fused rings is 1. The summed E-state index contributed by atoms with van der Waals surface area (Å²) in [7, 11) is 1.68. The van der Waals surface area contributed by atoms with Gasteiger partial charge in [0.25, 0.3) is 5.91 Å². The van der Waals surface area contributed by atoms with Crippen LogP contribution in [0.2, 0.25) is 0 Å². The van der Waals surface area contributed by atoms with Crippen LogP contribution in [0.3, 0.4) is 0 Å². The Balaban J connectivity index is 0.00000320. The molecule has 4 N–H and O–H groups in total. The number of halogens is 1. The van der Waals surface area contributed by atoms with Crippen LogP contribution in [0.25, 0.3) is 0 Å². The molecule has 2 aromatic rings. The normalized spacial score (nSPS) is 15.0. The van der Waals surface area contributed by atoms with Crippen molar-refractivity contribution in [2.75, 3.05) is 11.9 Å². The summed E-state index contributed by atoms with van der Waals surface area (Å²) in [4.78, 5) is 29.5. The molecule has 0 saturated carbocycles. The Morgan fingerprint density at radius 3 is 2.70 bits per heavy atom. The van der Waals surface area contributed by atoms with Crippen LogP contribution in [0, 0.1) is 11.8 Å². The molecule has 0 saturated heterocycles. The molecule has 1 aliphatic heterocycles. The number of carbonyl (C=O) groups is 2. The van der Waals surface area contributed by atoms with Crippen molar-refractivity contribution in [1.82, 2.24) is 5.48 Å². The molecular formula is C22H23ClN4O3. The molecule has 0 aromatic heterocycles. The molecule has 0 spiro atoms. The zero-order valence-electron chi connectivity index (χ0n) is 16.5. The third-order valence-electron chi connectivity index (χ3n) is 4.58. The van der Waals surface area contributed by atoms with E-state index in [9.17, 15) is 9.59 Å². The number of anilines is 1. The molecule has 7 nitrogen and oxygen atoms in total. The van der Waals surface area contributed by atoms with E-state index in [1.807, 2.05) is 48.5 Å². The van der Waals surface area contributed by atoms with E-state index in [4.69, 9.17) is 10.9 Å². The molecule has 8 heteroatoms. The largest absolute Gasteiger partial charge is 0.312 e. The minimum atomic E-state index is -0.977. The summed E-state index contributed by atoms with van der Waals surface area (Å²) in [5.41, 5.74) is 11.4. The SMILES string of the molecule is CN1C(=O)C(N)N=C(c2ccccc2)c2cc(C#CCCCC(=O)NO)ccc21.Cl. The van der Waals surface area contributed by atoms with Crippen LogP contribution in [-0.4, -0.2) is 35.9 Å². The molecule has 1 atom stereocenters. The van der Waals surface area contributed by atoms with Crippen LogP contribution < -0.4 is 16.1 Å². The number of hydrogen-bond donors (Lipinski definition) is 3. The highest BCUT2D eigenvalue weighted by atomic mass is 35.5. The molecule has 0 bridgehead atoms. The molecule has 2 aromatic carbocycles. The zero-order valence-corrected chi connectivity index (χ0v) is 17.3. The van der Waals surface area contributed by atoms with Crippen LogP contribution in [0.15, 0.2) is 53.5 Å². The molecule has 1 aliphatic rings. The maximum absolute atomic E-state index is 12.5. The molecule has 156 valence electrons. The van der Waals surface area contributed by atoms with Crippen LogP contribution in [0.5, 0.6) is 0 Å². The van der Waals surface area contributed by atoms with E-state index in [-0.39, 0.29) is 24.7 Å². The number of aliphatic imine (C=N–C) groups is 1. The van der Waals surface area contributed by atoms with E-state index >= 15 is 0 Å². The van der Waals surface area contributed by atoms with E-state index in [1.165, 1.54) is 4.90 Å². The Morgan fingerprint density at radius 2 is 2.00 bits per heavy atom. The van der Waals surface area contributed by atoms with Crippen LogP contribution >= 0.6 is 12.4 Å². The average Bonchev–Trinajstić information content (AvgIpc) is 2.84. The third-order valence-corrected chi connectivity index (χ3v) is 4.58. The highest BCUT2D eigenvalue weighted by molar-refractivity contribution is 6.20. The lowest BCUT2D eigenvalue weighted by Gasteiger charge is -2.19. The van der Waals surface area contributed by atoms with E-state index in [0.29, 0.717) is 18.6 Å². The van der Waals surface area contributed by atoms with Gasteiger partial charge in [-0.05, 0) is 24.6 Å². The molecule has 2 amide bonds. The molecule has 1 heterocycles. The smallest absolute Gasteiger partial charge is 0.266 e. The first-order chi connectivity index (χ1) is 14.0. The number of unbranched alkanes of at least 4 members (excludes halogenated alkanes) is 1. The van der Waals surface area contributed by atoms with Crippen molar-refractivity contribution in [2.45, 2.75) is 25.4 Å². The van der Waals surface area contributed by atoms with Gasteiger partial charge < -0.3 is 10.6 Å². The second kappa shape index (κ2) is 10.6. The fraction of sp³-hybridized carbons (Fsp3) is 0.227. The van der Waals surface area contributed by atoms with Gasteiger partial charge in [-0.15, -0.1) is 12.4 Å². The maximum Gasteiger partial charge on any atom is 0.266 e. The molecule has 3 rings (SSSR count). The summed E-state index contributed by atoms with van der Waals surface area (Å²) in [6, 6.07) is 15.2. The quantitative estimate of drug-likeness (QED) is 0.301. The monoisotopic (exact) mass is 426 g/mol. The van der Waals surface area contributed by atoms with Crippen LogP contribution in [-0.2, 0) is 9.59 Å². The fourth-order valence-electron chi connectivity index (χ4n) is 3.06. The number of hydrogen-bond acceptors (Lipinski definition) is 5. The molecule has 1 unspecified atom stereocenters. The number of fused-ring (bicyclic) bond motifs is 1. The van der Waals surface area contributed by atoms with Gasteiger partial charge in [0.05, 0.1) is 11.4 Å². The van der Waals surface area contributed by atoms with Gasteiger partial charge in [0, 0.05) is 36.6 Å². The van der Waals surface area contributed by atoms with Gasteiger partial charge in [-0.3, -0.25) is 19.8 Å². The van der Waals surface area contributed by atoms with E-state index in [2.05, 4.69) is 16.8 Å². The standard InChI is InChI=1S/C22H22N4O3.ClH/c1-26-18-13-12-15(8-4-2-7-11-19(27)25-29)14-17(18)20(24-21(23)22(26)28)16-9-5-3-6-10-16;/h3,5-6,9-10,12-14,21,29H,2,7,11,23H2,1H3,(H,25,27);1H. The Kier molecular flexibility index (Phi) is 8.13. The molecular weight excluding hydrogens is 404 g/mol. The molecule has 0 aliphatic carbocycles. The van der Waals surface area contributed by atoms with Crippen molar-refractivity contribution < 1.29 is 14.8 Å². The molecule has 0 fully saturated rings. The summed E-state index contributed by atoms with van der Waals surface area (Å²) >= 11 is 0. The number of hydroxylamine groups is 1. The highest BCUT2D eigenvalue weighted by Crippen LogP contribution is 2.28. The van der Waals surface area contributed by atoms with Gasteiger partial charge in [0.1, 0.15) is 0 Å². The number of nitrogens with two attached hydrogens (primary N) is 1. The predicted molar refractivity (Wildman–Crippen MR) is 118 cm³/mol. The average molecular weight is 427 g/mol. The summed E-state index contributed by atoms with van der Waals surface area (Å²) in [6.45, 7) is 0. The van der Waals surface area contributed by atoms with Crippen molar-refractivity contribution in [1.29, 1.82) is 0 Å². The summed E-state index contributed by atoms with van der Waals surface area (Å²) in [6.07, 6.45) is 0.306. The summed E-state index contributed by atoms with van der Waals surface area (Å²) < 4.78 is 0. The van der Waals surface area contributed by atoms with Gasteiger partial charge in [-0.2, -0.15) is 0 Å². The summed E-state index contributed by atoms with van der Waals surface area (Å²) in [5, 5.41) is 8.50. The van der Waals surface area contributed by atoms with Crippen LogP contribution in [0.1, 0.15) is 36.0 Å². The van der Waals surface area contributed by atoms with Crippen molar-refractivity contribution in [3.8, 4) is 11.8 Å². The third kappa shape index (κ3) is 5.24. The second-order valence-electron chi connectivity index (χ2n) is 6.61. The van der Waals surface area contributed by atoms with E-state index in [0.717, 1.165) is 22.4 Å². The Labute approximate surface area is 181 Å². The van der Waals surface area contributed by atoms with Gasteiger partial charge in [0.15, 0.2) is 6.17 Å². The first kappa shape index (κ1) is 23.1. The number of rotatable bonds is 4. The zero-order chi connectivity index (χ0) is 20.8. The van der Waals surface area contributed by atoms with E-state index < -0.39 is 12.1 Å². The topological polar surface area (TPSA) is 108 Å². The van der Waals surface area contributed by atoms with Gasteiger partial charge >= 0.3 is 0 Å². The first-order valence-electron chi connectivity index (χ1n) is 9.24. The Bertz CT molecular complexity index is 1010. The minimum Gasteiger partial charge on any atom is -0.312 e. The predicted octanol–water partition coefficient (Wildman–Crippen LogP) is 2.23. The summed E-state index contributed by atoms with van der Waals surface area (Å²) in [5.74, 6) is 5.41. The van der Waals surface area contributed by atoms with Gasteiger partial charge in [-0.1, -0.05) is 42.2 Å². The first-order valence-corrected chi connectivity index (χ1v) is 9.24. The number of nitrogens with one attached hydrogen (secondary N) is 1. The van der Waals surface area contributed by atoms with Gasteiger partial charge in [-0.25, -0.2) is 5.48 Å². The van der Waals surface area contributed by atoms with E-state index in [1.54, 1.807) is 12.5 Å². The number of likely N-dealkylation sites (N-methyl/N-ethyl adjacent to an activating group) is 1. The minimum absolute atomic E-state index is 0. The number of benzene rings is 2. The highest BCUT2D eigenvalue weighted by Gasteiger charge is 2.27. The maximum atomic E-state index is 12.5. The van der Waals surface area contributed by atoms with Crippen molar-refractivity contribution in [3.63, 3.8) is 0 Å². The van der Waals surface area contributed by atoms with Crippen molar-refractivity contribution in [3.05, 3.63) is 65.2 Å². The molecule has 0 radical (unpaired) electrons.